The van der Waals surface area contributed by atoms with Crippen molar-refractivity contribution in [3.8, 4) is 57.1 Å². The number of hydrogen-bond donors (Lipinski definition) is 2. The van der Waals surface area contributed by atoms with E-state index in [1.54, 1.807) is 20.3 Å². The molecule has 7 bridgehead atoms. The minimum absolute atomic E-state index is 0.106. The molecule has 4 heterocycles. The highest BCUT2D eigenvalue weighted by Crippen LogP contribution is 2.60. The summed E-state index contributed by atoms with van der Waals surface area (Å²) < 4.78 is 25.0. The topological polar surface area (TPSA) is 83.9 Å². The molecule has 8 rings (SSSR count). The van der Waals surface area contributed by atoms with Crippen molar-refractivity contribution in [3.63, 3.8) is 0 Å². The first kappa shape index (κ1) is 27.2. The van der Waals surface area contributed by atoms with Crippen molar-refractivity contribution in [2.45, 2.75) is 37.8 Å². The summed E-state index contributed by atoms with van der Waals surface area (Å²) in [4.78, 5) is 4.69. The number of rotatable bonds is 2. The molecule has 4 aromatic rings. The molecule has 0 fully saturated rings. The van der Waals surface area contributed by atoms with Gasteiger partial charge in [-0.15, -0.1) is 0 Å². The van der Waals surface area contributed by atoms with Crippen molar-refractivity contribution in [2.24, 2.45) is 0 Å². The maximum Gasteiger partial charge on any atom is 0.216 e. The smallest absolute Gasteiger partial charge is 0.216 e. The predicted octanol–water partition coefficient (Wildman–Crippen LogP) is 6.54. The Morgan fingerprint density at radius 1 is 0.750 bits per heavy atom. The van der Waals surface area contributed by atoms with E-state index in [0.717, 1.165) is 59.3 Å². The van der Waals surface area contributed by atoms with Crippen LogP contribution in [0.4, 0.5) is 0 Å². The second-order valence-corrected chi connectivity index (χ2v) is 12.4. The maximum absolute atomic E-state index is 11.5. The average Bonchev–Trinajstić information content (AvgIpc) is 3.02. The number of methoxy groups -OCH3 is 2. The van der Waals surface area contributed by atoms with Gasteiger partial charge in [-0.2, -0.15) is 0 Å². The molecule has 0 saturated heterocycles. The van der Waals surface area contributed by atoms with Gasteiger partial charge in [-0.1, -0.05) is 12.1 Å². The molecule has 2 N–H and O–H groups in total. The molecule has 8 heteroatoms. The fourth-order valence-electron chi connectivity index (χ4n) is 7.59. The van der Waals surface area contributed by atoms with Crippen molar-refractivity contribution in [2.75, 3.05) is 41.4 Å². The lowest BCUT2D eigenvalue weighted by Crippen LogP contribution is -2.34. The summed E-state index contributed by atoms with van der Waals surface area (Å²) in [5.41, 5.74) is 7.96. The standard InChI is InChI=1S/C36H36N2O6/c1-37-11-9-21-17-30-31-18-23(21)26(37)15-19-5-7-28(39)24(13-19)25-14-20(6-8-29(25)41-3)16-27-32-22(10-12-38(27)2)33(40)35(42-4)36(44-30)34(32)43-31/h5-8,13-14,17-18,26-27,39-40H,9-12,15-16H2,1-4H3. The Morgan fingerprint density at radius 2 is 1.43 bits per heavy atom. The van der Waals surface area contributed by atoms with Gasteiger partial charge in [0.05, 0.1) is 14.2 Å². The molecule has 4 aliphatic heterocycles. The van der Waals surface area contributed by atoms with Crippen LogP contribution in [0.5, 0.6) is 46.0 Å². The third kappa shape index (κ3) is 4.04. The van der Waals surface area contributed by atoms with Crippen LogP contribution in [0.25, 0.3) is 11.1 Å². The fraction of sp³-hybridized carbons (Fsp3) is 0.333. The van der Waals surface area contributed by atoms with Crippen LogP contribution in [-0.2, 0) is 25.7 Å². The van der Waals surface area contributed by atoms with Gasteiger partial charge >= 0.3 is 0 Å². The van der Waals surface area contributed by atoms with Gasteiger partial charge < -0.3 is 29.2 Å². The second-order valence-electron chi connectivity index (χ2n) is 12.4. The van der Waals surface area contributed by atoms with E-state index >= 15 is 0 Å². The first-order valence-corrected chi connectivity index (χ1v) is 15.2. The summed E-state index contributed by atoms with van der Waals surface area (Å²) in [6.45, 7) is 1.66. The van der Waals surface area contributed by atoms with Crippen LogP contribution in [0.3, 0.4) is 0 Å². The summed E-state index contributed by atoms with van der Waals surface area (Å²) in [5.74, 6) is 3.65. The summed E-state index contributed by atoms with van der Waals surface area (Å²) >= 11 is 0. The minimum Gasteiger partial charge on any atom is -0.507 e. The van der Waals surface area contributed by atoms with Crippen molar-refractivity contribution in [1.82, 2.24) is 9.80 Å². The number of hydrogen-bond acceptors (Lipinski definition) is 8. The zero-order valence-electron chi connectivity index (χ0n) is 25.4. The van der Waals surface area contributed by atoms with Crippen LogP contribution < -0.4 is 18.9 Å². The SMILES string of the molecule is COc1ccc2cc1-c1cc(ccc1O)CC1c3cc4c(cc3CCN1C)Oc1c(OC)c(O)c3c(c1O4)C(C2)N(C)CC3. The van der Waals surface area contributed by atoms with Crippen molar-refractivity contribution >= 4 is 0 Å². The number of likely N-dealkylation sites (N-methyl/N-ethyl adjacent to an activating group) is 2. The van der Waals surface area contributed by atoms with Crippen LogP contribution in [0.2, 0.25) is 0 Å². The summed E-state index contributed by atoms with van der Waals surface area (Å²) in [6, 6.07) is 16.3. The highest BCUT2D eigenvalue weighted by atomic mass is 16.6. The van der Waals surface area contributed by atoms with E-state index < -0.39 is 0 Å². The fourth-order valence-corrected chi connectivity index (χ4v) is 7.59. The number of fused-ring (bicyclic) bond motifs is 5. The monoisotopic (exact) mass is 592 g/mol. The molecular formula is C36H36N2O6. The van der Waals surface area contributed by atoms with Crippen molar-refractivity contribution in [1.29, 1.82) is 0 Å². The van der Waals surface area contributed by atoms with Crippen LogP contribution in [0.1, 0.15) is 45.5 Å². The van der Waals surface area contributed by atoms with E-state index in [-0.39, 0.29) is 23.6 Å². The second kappa shape index (κ2) is 10.1. The third-order valence-corrected chi connectivity index (χ3v) is 9.99. The molecule has 2 unspecified atom stereocenters. The van der Waals surface area contributed by atoms with E-state index in [4.69, 9.17) is 18.9 Å². The van der Waals surface area contributed by atoms with E-state index in [2.05, 4.69) is 54.2 Å². The van der Waals surface area contributed by atoms with E-state index in [1.165, 1.54) is 11.1 Å². The first-order chi connectivity index (χ1) is 21.3. The lowest BCUT2D eigenvalue weighted by molar-refractivity contribution is 0.214. The minimum atomic E-state index is -0.111. The number of ether oxygens (including phenoxy) is 4. The molecule has 44 heavy (non-hydrogen) atoms. The molecule has 8 nitrogen and oxygen atoms in total. The highest BCUT2D eigenvalue weighted by molar-refractivity contribution is 5.77. The Morgan fingerprint density at radius 3 is 2.23 bits per heavy atom. The molecule has 4 aliphatic rings. The average molecular weight is 593 g/mol. The molecule has 0 spiro atoms. The molecule has 0 amide bonds. The summed E-state index contributed by atoms with van der Waals surface area (Å²) in [7, 11) is 7.49. The zero-order valence-corrected chi connectivity index (χ0v) is 25.4. The van der Waals surface area contributed by atoms with Gasteiger partial charge in [-0.25, -0.2) is 0 Å². The van der Waals surface area contributed by atoms with Gasteiger partial charge in [0.2, 0.25) is 11.5 Å². The molecule has 0 radical (unpaired) electrons. The Hall–Kier alpha value is -4.40. The number of aromatic hydroxyl groups is 2. The highest BCUT2D eigenvalue weighted by Gasteiger charge is 2.39. The number of benzene rings is 4. The number of phenols is 2. The largest absolute Gasteiger partial charge is 0.507 e. The van der Waals surface area contributed by atoms with Gasteiger partial charge in [0, 0.05) is 47.4 Å². The van der Waals surface area contributed by atoms with Crippen LogP contribution in [0.15, 0.2) is 48.5 Å². The van der Waals surface area contributed by atoms with Gasteiger partial charge in [-0.3, -0.25) is 9.80 Å². The van der Waals surface area contributed by atoms with E-state index in [9.17, 15) is 10.2 Å². The van der Waals surface area contributed by atoms with E-state index in [1.807, 2.05) is 12.1 Å². The quantitative estimate of drug-likeness (QED) is 0.239. The van der Waals surface area contributed by atoms with Crippen LogP contribution in [0, 0.1) is 0 Å². The first-order valence-electron chi connectivity index (χ1n) is 15.2. The molecule has 2 atom stereocenters. The Balaban J connectivity index is 1.41. The lowest BCUT2D eigenvalue weighted by Gasteiger charge is -2.39. The van der Waals surface area contributed by atoms with Gasteiger partial charge in [-0.05, 0) is 98.4 Å². The molecule has 0 aliphatic carbocycles. The van der Waals surface area contributed by atoms with E-state index in [0.29, 0.717) is 47.3 Å². The summed E-state index contributed by atoms with van der Waals surface area (Å²) in [6.07, 6.45) is 2.95. The molecule has 226 valence electrons. The number of nitrogens with zero attached hydrogens (tertiary/aromatic N) is 2. The van der Waals surface area contributed by atoms with Crippen molar-refractivity contribution in [3.05, 3.63) is 81.9 Å². The summed E-state index contributed by atoms with van der Waals surface area (Å²) in [5, 5.41) is 22.7. The normalized spacial score (nSPS) is 20.1. The van der Waals surface area contributed by atoms with Gasteiger partial charge in [0.1, 0.15) is 11.5 Å². The lowest BCUT2D eigenvalue weighted by atomic mass is 9.85. The molecular weight excluding hydrogens is 556 g/mol. The predicted molar refractivity (Wildman–Crippen MR) is 167 cm³/mol. The van der Waals surface area contributed by atoms with Crippen LogP contribution in [-0.4, -0.2) is 61.4 Å². The molecule has 0 aromatic heterocycles. The molecule has 0 saturated carbocycles. The third-order valence-electron chi connectivity index (χ3n) is 9.99. The van der Waals surface area contributed by atoms with Gasteiger partial charge in [0.15, 0.2) is 23.0 Å². The van der Waals surface area contributed by atoms with Crippen LogP contribution >= 0.6 is 0 Å². The number of phenolic OH excluding ortho intramolecular Hbond substituents is 2. The maximum atomic E-state index is 11.5. The zero-order chi connectivity index (χ0) is 30.3. The Bertz CT molecular complexity index is 1830. The Kier molecular flexibility index (Phi) is 6.22. The van der Waals surface area contributed by atoms with Crippen molar-refractivity contribution < 1.29 is 29.2 Å². The molecule has 4 aromatic carbocycles. The van der Waals surface area contributed by atoms with Gasteiger partial charge in [0.25, 0.3) is 0 Å². The Labute approximate surface area is 257 Å².